The van der Waals surface area contributed by atoms with Crippen LogP contribution in [-0.2, 0) is 28.9 Å². The van der Waals surface area contributed by atoms with Crippen LogP contribution in [-0.4, -0.2) is 44.1 Å². The van der Waals surface area contributed by atoms with Crippen LogP contribution in [0.25, 0.3) is 11.4 Å². The van der Waals surface area contributed by atoms with E-state index in [0.717, 1.165) is 36.1 Å². The zero-order valence-electron chi connectivity index (χ0n) is 18.6. The van der Waals surface area contributed by atoms with Crippen LogP contribution in [0.3, 0.4) is 0 Å². The van der Waals surface area contributed by atoms with E-state index < -0.39 is 0 Å². The van der Waals surface area contributed by atoms with Gasteiger partial charge in [-0.1, -0.05) is 23.9 Å². The van der Waals surface area contributed by atoms with Crippen molar-refractivity contribution in [3.05, 3.63) is 40.3 Å². The van der Waals surface area contributed by atoms with Crippen molar-refractivity contribution in [3.8, 4) is 17.1 Å². The summed E-state index contributed by atoms with van der Waals surface area (Å²) in [6, 6.07) is 6.96. The number of esters is 1. The maximum atomic E-state index is 12.8. The lowest BCUT2D eigenvalue weighted by molar-refractivity contribution is -0.113. The molecule has 0 saturated heterocycles. The van der Waals surface area contributed by atoms with Gasteiger partial charge in [0.2, 0.25) is 5.91 Å². The lowest BCUT2D eigenvalue weighted by atomic mass is 9.95. The number of phenols is 1. The van der Waals surface area contributed by atoms with Gasteiger partial charge in [0, 0.05) is 11.4 Å². The summed E-state index contributed by atoms with van der Waals surface area (Å²) < 4.78 is 7.12. The number of hydrogen-bond acceptors (Lipinski definition) is 8. The number of thiophene rings is 1. The standard InChI is InChI=1S/C23H26N4O4S2/c1-3-27-20(14-9-5-7-11-16(14)28)25-26-23(27)32-13-18(29)24-21-19(22(30)31-4-2)15-10-6-8-12-17(15)33-21/h5,7,9,11,28H,3-4,6,8,10,12-13H2,1-2H3,(H,24,29). The maximum absolute atomic E-state index is 12.8. The SMILES string of the molecule is CCOC(=O)c1c(NC(=O)CSc2nnc(-c3ccccc3O)n2CC)sc2c1CCCC2. The Morgan fingerprint density at radius 1 is 1.21 bits per heavy atom. The minimum Gasteiger partial charge on any atom is -0.507 e. The molecule has 10 heteroatoms. The summed E-state index contributed by atoms with van der Waals surface area (Å²) in [4.78, 5) is 26.5. The fourth-order valence-corrected chi connectivity index (χ4v) is 6.00. The Morgan fingerprint density at radius 3 is 2.76 bits per heavy atom. The average molecular weight is 487 g/mol. The predicted octanol–water partition coefficient (Wildman–Crippen LogP) is 4.52. The number of aryl methyl sites for hydroxylation is 1. The van der Waals surface area contributed by atoms with E-state index in [1.807, 2.05) is 17.6 Å². The Morgan fingerprint density at radius 2 is 2.00 bits per heavy atom. The molecule has 0 unspecified atom stereocenters. The number of carbonyl (C=O) groups excluding carboxylic acids is 2. The van der Waals surface area contributed by atoms with Crippen molar-refractivity contribution < 1.29 is 19.4 Å². The minimum absolute atomic E-state index is 0.115. The molecule has 2 aromatic heterocycles. The number of rotatable bonds is 8. The molecular formula is C23H26N4O4S2. The molecule has 2 N–H and O–H groups in total. The number of amides is 1. The van der Waals surface area contributed by atoms with Crippen LogP contribution in [0, 0.1) is 0 Å². The van der Waals surface area contributed by atoms with E-state index in [9.17, 15) is 14.7 Å². The van der Waals surface area contributed by atoms with E-state index in [0.29, 0.717) is 40.3 Å². The minimum atomic E-state index is -0.377. The molecule has 2 heterocycles. The number of nitrogens with one attached hydrogen (secondary N) is 1. The van der Waals surface area contributed by atoms with Gasteiger partial charge < -0.3 is 19.7 Å². The Bertz CT molecular complexity index is 1170. The average Bonchev–Trinajstić information content (AvgIpc) is 3.38. The molecule has 1 amide bonds. The fourth-order valence-electron chi connectivity index (χ4n) is 3.91. The van der Waals surface area contributed by atoms with E-state index in [4.69, 9.17) is 4.74 Å². The molecule has 8 nitrogen and oxygen atoms in total. The second-order valence-corrected chi connectivity index (χ2v) is 9.59. The maximum Gasteiger partial charge on any atom is 0.341 e. The summed E-state index contributed by atoms with van der Waals surface area (Å²) in [5, 5.41) is 22.7. The van der Waals surface area contributed by atoms with Gasteiger partial charge in [-0.25, -0.2) is 4.79 Å². The molecule has 0 bridgehead atoms. The molecule has 0 atom stereocenters. The quantitative estimate of drug-likeness (QED) is 0.356. The van der Waals surface area contributed by atoms with Crippen molar-refractivity contribution in [2.45, 2.75) is 51.2 Å². The summed E-state index contributed by atoms with van der Waals surface area (Å²) >= 11 is 2.74. The largest absolute Gasteiger partial charge is 0.507 e. The van der Waals surface area contributed by atoms with Crippen molar-refractivity contribution in [2.24, 2.45) is 0 Å². The van der Waals surface area contributed by atoms with Gasteiger partial charge >= 0.3 is 5.97 Å². The van der Waals surface area contributed by atoms with Gasteiger partial charge in [-0.2, -0.15) is 0 Å². The van der Waals surface area contributed by atoms with E-state index in [-0.39, 0.29) is 23.4 Å². The molecule has 0 spiro atoms. The first-order chi connectivity index (χ1) is 16.0. The van der Waals surface area contributed by atoms with Gasteiger partial charge in [0.25, 0.3) is 0 Å². The van der Waals surface area contributed by atoms with Crippen LogP contribution < -0.4 is 5.32 Å². The molecule has 0 radical (unpaired) electrons. The first kappa shape index (κ1) is 23.3. The number of hydrogen-bond donors (Lipinski definition) is 2. The highest BCUT2D eigenvalue weighted by molar-refractivity contribution is 7.99. The van der Waals surface area contributed by atoms with Crippen LogP contribution in [0.5, 0.6) is 5.75 Å². The summed E-state index contributed by atoms with van der Waals surface area (Å²) in [5.74, 6) is 0.192. The van der Waals surface area contributed by atoms with Crippen LogP contribution in [0.2, 0.25) is 0 Å². The third-order valence-corrected chi connectivity index (χ3v) is 7.59. The summed E-state index contributed by atoms with van der Waals surface area (Å²) in [6.07, 6.45) is 3.88. The summed E-state index contributed by atoms with van der Waals surface area (Å²) in [6.45, 7) is 4.61. The third kappa shape index (κ3) is 4.91. The molecule has 1 aromatic carbocycles. The topological polar surface area (TPSA) is 106 Å². The van der Waals surface area contributed by atoms with E-state index >= 15 is 0 Å². The number of ether oxygens (including phenoxy) is 1. The summed E-state index contributed by atoms with van der Waals surface area (Å²) in [7, 11) is 0. The van der Waals surface area contributed by atoms with Crippen LogP contribution in [0.1, 0.15) is 47.5 Å². The number of carbonyl (C=O) groups is 2. The Hall–Kier alpha value is -2.85. The van der Waals surface area contributed by atoms with Crippen molar-refractivity contribution in [1.29, 1.82) is 0 Å². The monoisotopic (exact) mass is 486 g/mol. The molecule has 33 heavy (non-hydrogen) atoms. The molecule has 0 fully saturated rings. The zero-order chi connectivity index (χ0) is 23.4. The molecule has 174 valence electrons. The fraction of sp³-hybridized carbons (Fsp3) is 0.391. The zero-order valence-corrected chi connectivity index (χ0v) is 20.2. The number of phenolic OH excluding ortho intramolecular Hbond substituents is 1. The predicted molar refractivity (Wildman–Crippen MR) is 129 cm³/mol. The van der Waals surface area contributed by atoms with Crippen molar-refractivity contribution >= 4 is 40.0 Å². The van der Waals surface area contributed by atoms with Gasteiger partial charge in [0.1, 0.15) is 10.8 Å². The molecule has 1 aliphatic carbocycles. The Labute approximate surface area is 200 Å². The van der Waals surface area contributed by atoms with Gasteiger partial charge in [-0.3, -0.25) is 4.79 Å². The number of para-hydroxylation sites is 1. The number of anilines is 1. The lowest BCUT2D eigenvalue weighted by Crippen LogP contribution is -2.17. The molecule has 1 aliphatic rings. The lowest BCUT2D eigenvalue weighted by Gasteiger charge is -2.12. The molecule has 0 aliphatic heterocycles. The number of aromatic nitrogens is 3. The van der Waals surface area contributed by atoms with Gasteiger partial charge in [0.05, 0.1) is 23.5 Å². The Kier molecular flexibility index (Phi) is 7.34. The number of nitrogens with zero attached hydrogens (tertiary/aromatic N) is 3. The van der Waals surface area contributed by atoms with Crippen molar-refractivity contribution in [1.82, 2.24) is 14.8 Å². The van der Waals surface area contributed by atoms with E-state index in [1.54, 1.807) is 25.1 Å². The first-order valence-electron chi connectivity index (χ1n) is 11.0. The second-order valence-electron chi connectivity index (χ2n) is 7.54. The van der Waals surface area contributed by atoms with Gasteiger partial charge in [-0.15, -0.1) is 21.5 Å². The second kappa shape index (κ2) is 10.4. The normalized spacial score (nSPS) is 12.9. The molecule has 3 aromatic rings. The third-order valence-electron chi connectivity index (χ3n) is 5.41. The molecule has 4 rings (SSSR count). The van der Waals surface area contributed by atoms with Crippen LogP contribution in [0.4, 0.5) is 5.00 Å². The first-order valence-corrected chi connectivity index (χ1v) is 12.8. The van der Waals surface area contributed by atoms with Crippen LogP contribution >= 0.6 is 23.1 Å². The number of fused-ring (bicyclic) bond motifs is 1. The number of benzene rings is 1. The van der Waals surface area contributed by atoms with E-state index in [1.165, 1.54) is 23.1 Å². The van der Waals surface area contributed by atoms with Crippen molar-refractivity contribution in [3.63, 3.8) is 0 Å². The summed E-state index contributed by atoms with van der Waals surface area (Å²) in [5.41, 5.74) is 2.12. The van der Waals surface area contributed by atoms with Crippen molar-refractivity contribution in [2.75, 3.05) is 17.7 Å². The number of thioether (sulfide) groups is 1. The molecular weight excluding hydrogens is 460 g/mol. The van der Waals surface area contributed by atoms with E-state index in [2.05, 4.69) is 15.5 Å². The van der Waals surface area contributed by atoms with Crippen LogP contribution in [0.15, 0.2) is 29.4 Å². The highest BCUT2D eigenvalue weighted by Crippen LogP contribution is 2.39. The highest BCUT2D eigenvalue weighted by Gasteiger charge is 2.27. The smallest absolute Gasteiger partial charge is 0.341 e. The highest BCUT2D eigenvalue weighted by atomic mass is 32.2. The van der Waals surface area contributed by atoms with Gasteiger partial charge in [0.15, 0.2) is 11.0 Å². The molecule has 0 saturated carbocycles. The number of aromatic hydroxyl groups is 1. The van der Waals surface area contributed by atoms with Gasteiger partial charge in [-0.05, 0) is 57.2 Å². The Balaban J connectivity index is 1.49.